The molecule has 0 radical (unpaired) electrons. The lowest BCUT2D eigenvalue weighted by Gasteiger charge is -2.12. The molecule has 0 atom stereocenters. The van der Waals surface area contributed by atoms with E-state index >= 15 is 0 Å². The predicted octanol–water partition coefficient (Wildman–Crippen LogP) is 1.85. The van der Waals surface area contributed by atoms with Crippen LogP contribution in [-0.4, -0.2) is 51.6 Å². The van der Waals surface area contributed by atoms with E-state index in [1.807, 2.05) is 37.2 Å². The Morgan fingerprint density at radius 3 is 2.61 bits per heavy atom. The average molecular weight is 251 g/mol. The topological polar surface area (TPSA) is 38.8 Å². The van der Waals surface area contributed by atoms with Gasteiger partial charge in [-0.05, 0) is 26.2 Å². The monoisotopic (exact) mass is 251 g/mol. The molecular formula is C14H21NO3. The van der Waals surface area contributed by atoms with Crippen molar-refractivity contribution in [2.45, 2.75) is 6.42 Å². The zero-order valence-corrected chi connectivity index (χ0v) is 11.3. The van der Waals surface area contributed by atoms with Crippen molar-refractivity contribution in [3.05, 3.63) is 29.8 Å². The minimum atomic E-state index is 0.108. The predicted molar refractivity (Wildman–Crippen MR) is 71.3 cm³/mol. The summed E-state index contributed by atoms with van der Waals surface area (Å²) < 4.78 is 10.5. The van der Waals surface area contributed by atoms with Gasteiger partial charge in [0.25, 0.3) is 0 Å². The normalized spacial score (nSPS) is 10.7. The van der Waals surface area contributed by atoms with E-state index in [-0.39, 0.29) is 5.78 Å². The Balaban J connectivity index is 2.65. The van der Waals surface area contributed by atoms with Gasteiger partial charge in [0.2, 0.25) is 0 Å². The summed E-state index contributed by atoms with van der Waals surface area (Å²) in [7, 11) is 5.53. The molecule has 0 saturated heterocycles. The molecule has 0 bridgehead atoms. The van der Waals surface area contributed by atoms with E-state index in [0.717, 1.165) is 6.54 Å². The number of hydrogen-bond acceptors (Lipinski definition) is 4. The van der Waals surface area contributed by atoms with Crippen LogP contribution < -0.4 is 4.74 Å². The molecule has 1 aromatic rings. The first-order valence-electron chi connectivity index (χ1n) is 6.04. The lowest BCUT2D eigenvalue weighted by Crippen LogP contribution is -2.17. The van der Waals surface area contributed by atoms with E-state index < -0.39 is 0 Å². The van der Waals surface area contributed by atoms with Gasteiger partial charge in [-0.2, -0.15) is 0 Å². The zero-order valence-electron chi connectivity index (χ0n) is 11.3. The highest BCUT2D eigenvalue weighted by atomic mass is 16.5. The van der Waals surface area contributed by atoms with Crippen molar-refractivity contribution in [2.24, 2.45) is 0 Å². The Kier molecular flexibility index (Phi) is 6.39. The number of carbonyl (C=O) groups excluding carboxylic acids is 1. The van der Waals surface area contributed by atoms with Gasteiger partial charge in [-0.25, -0.2) is 0 Å². The highest BCUT2D eigenvalue weighted by molar-refractivity contribution is 5.98. The maximum atomic E-state index is 12.1. The number of para-hydroxylation sites is 1. The van der Waals surface area contributed by atoms with Crippen molar-refractivity contribution in [1.29, 1.82) is 0 Å². The second-order valence-electron chi connectivity index (χ2n) is 4.31. The lowest BCUT2D eigenvalue weighted by atomic mass is 10.1. The van der Waals surface area contributed by atoms with Crippen LogP contribution in [-0.2, 0) is 4.74 Å². The number of rotatable bonds is 8. The highest BCUT2D eigenvalue weighted by Gasteiger charge is 2.11. The van der Waals surface area contributed by atoms with Crippen LogP contribution in [0.5, 0.6) is 5.75 Å². The summed E-state index contributed by atoms with van der Waals surface area (Å²) in [4.78, 5) is 14.1. The second kappa shape index (κ2) is 7.84. The molecule has 0 heterocycles. The van der Waals surface area contributed by atoms with E-state index in [2.05, 4.69) is 0 Å². The van der Waals surface area contributed by atoms with Crippen LogP contribution in [0, 0.1) is 0 Å². The van der Waals surface area contributed by atoms with Crippen molar-refractivity contribution in [3.63, 3.8) is 0 Å². The average Bonchev–Trinajstić information content (AvgIpc) is 2.37. The van der Waals surface area contributed by atoms with Gasteiger partial charge in [0.1, 0.15) is 12.4 Å². The van der Waals surface area contributed by atoms with Gasteiger partial charge in [0.15, 0.2) is 5.78 Å². The zero-order chi connectivity index (χ0) is 13.4. The van der Waals surface area contributed by atoms with E-state index in [1.54, 1.807) is 13.2 Å². The molecule has 0 saturated carbocycles. The van der Waals surface area contributed by atoms with Crippen molar-refractivity contribution in [3.8, 4) is 5.75 Å². The molecule has 0 spiro atoms. The summed E-state index contributed by atoms with van der Waals surface area (Å²) in [5, 5.41) is 0. The van der Waals surface area contributed by atoms with Crippen molar-refractivity contribution >= 4 is 5.78 Å². The summed E-state index contributed by atoms with van der Waals surface area (Å²) in [5.41, 5.74) is 0.649. The maximum Gasteiger partial charge on any atom is 0.167 e. The summed E-state index contributed by atoms with van der Waals surface area (Å²) in [6.07, 6.45) is 0.498. The molecular weight excluding hydrogens is 230 g/mol. The molecule has 4 heteroatoms. The number of ketones is 1. The van der Waals surface area contributed by atoms with Gasteiger partial charge >= 0.3 is 0 Å². The third-order valence-corrected chi connectivity index (χ3v) is 2.52. The molecule has 0 amide bonds. The van der Waals surface area contributed by atoms with Crippen LogP contribution in [0.25, 0.3) is 0 Å². The van der Waals surface area contributed by atoms with Gasteiger partial charge in [0, 0.05) is 20.1 Å². The summed E-state index contributed by atoms with van der Waals surface area (Å²) in [6, 6.07) is 7.34. The molecule has 0 N–H and O–H groups in total. The lowest BCUT2D eigenvalue weighted by molar-refractivity contribution is 0.0964. The number of nitrogens with zero attached hydrogens (tertiary/aromatic N) is 1. The fraction of sp³-hybridized carbons (Fsp3) is 0.500. The van der Waals surface area contributed by atoms with E-state index in [4.69, 9.17) is 9.47 Å². The van der Waals surface area contributed by atoms with Crippen LogP contribution in [0.2, 0.25) is 0 Å². The van der Waals surface area contributed by atoms with Crippen molar-refractivity contribution in [2.75, 3.05) is 41.0 Å². The van der Waals surface area contributed by atoms with Crippen LogP contribution in [0.4, 0.5) is 0 Å². The molecule has 0 aliphatic carbocycles. The fourth-order valence-corrected chi connectivity index (χ4v) is 1.52. The smallest absolute Gasteiger partial charge is 0.167 e. The molecule has 1 aromatic carbocycles. The minimum absolute atomic E-state index is 0.108. The summed E-state index contributed by atoms with van der Waals surface area (Å²) in [6.45, 7) is 1.71. The van der Waals surface area contributed by atoms with Gasteiger partial charge < -0.3 is 14.4 Å². The molecule has 0 aromatic heterocycles. The number of carbonyl (C=O) groups is 1. The molecule has 0 aliphatic rings. The van der Waals surface area contributed by atoms with Gasteiger partial charge in [-0.3, -0.25) is 4.79 Å². The minimum Gasteiger partial charge on any atom is -0.490 e. The van der Waals surface area contributed by atoms with E-state index in [9.17, 15) is 4.79 Å². The Morgan fingerprint density at radius 2 is 1.94 bits per heavy atom. The van der Waals surface area contributed by atoms with Crippen molar-refractivity contribution in [1.82, 2.24) is 4.90 Å². The van der Waals surface area contributed by atoms with Crippen molar-refractivity contribution < 1.29 is 14.3 Å². The molecule has 0 unspecified atom stereocenters. The number of Topliss-reactive ketones (excluding diaryl/α,β-unsaturated/α-hetero) is 1. The molecule has 1 rings (SSSR count). The molecule has 0 aliphatic heterocycles. The number of methoxy groups -OCH3 is 1. The molecule has 18 heavy (non-hydrogen) atoms. The van der Waals surface area contributed by atoms with Gasteiger partial charge in [-0.1, -0.05) is 12.1 Å². The largest absolute Gasteiger partial charge is 0.490 e. The quantitative estimate of drug-likeness (QED) is 0.522. The molecule has 100 valence electrons. The Bertz CT molecular complexity index is 377. The first kappa shape index (κ1) is 14.7. The second-order valence-corrected chi connectivity index (χ2v) is 4.31. The first-order valence-corrected chi connectivity index (χ1v) is 6.04. The van der Waals surface area contributed by atoms with Crippen LogP contribution in [0.3, 0.4) is 0 Å². The summed E-state index contributed by atoms with van der Waals surface area (Å²) in [5.74, 6) is 0.745. The fourth-order valence-electron chi connectivity index (χ4n) is 1.52. The highest BCUT2D eigenvalue weighted by Crippen LogP contribution is 2.19. The Morgan fingerprint density at radius 1 is 1.22 bits per heavy atom. The molecule has 4 nitrogen and oxygen atoms in total. The first-order chi connectivity index (χ1) is 8.65. The third kappa shape index (κ3) is 4.85. The summed E-state index contributed by atoms with van der Waals surface area (Å²) >= 11 is 0. The number of ether oxygens (including phenoxy) is 2. The SMILES string of the molecule is COCCOc1ccccc1C(=O)CCN(C)C. The van der Waals surface area contributed by atoms with E-state index in [0.29, 0.717) is 30.9 Å². The van der Waals surface area contributed by atoms with Crippen LogP contribution >= 0.6 is 0 Å². The van der Waals surface area contributed by atoms with Gasteiger partial charge in [-0.15, -0.1) is 0 Å². The number of hydrogen-bond donors (Lipinski definition) is 0. The van der Waals surface area contributed by atoms with Gasteiger partial charge in [0.05, 0.1) is 12.2 Å². The van der Waals surface area contributed by atoms with Crippen LogP contribution in [0.1, 0.15) is 16.8 Å². The Hall–Kier alpha value is -1.39. The standard InChI is InChI=1S/C14H21NO3/c1-15(2)9-8-13(16)12-6-4-5-7-14(12)18-11-10-17-3/h4-7H,8-11H2,1-3H3. The van der Waals surface area contributed by atoms with E-state index in [1.165, 1.54) is 0 Å². The number of benzene rings is 1. The third-order valence-electron chi connectivity index (χ3n) is 2.52. The maximum absolute atomic E-state index is 12.1. The molecule has 0 fully saturated rings. The Labute approximate surface area is 108 Å². The van der Waals surface area contributed by atoms with Crippen LogP contribution in [0.15, 0.2) is 24.3 Å².